The molecule has 0 saturated heterocycles. The van der Waals surface area contributed by atoms with Gasteiger partial charge < -0.3 is 46.7 Å². The Kier molecular flexibility index (Phi) is 31.5. The number of esters is 1. The van der Waals surface area contributed by atoms with Crippen LogP contribution in [0.2, 0.25) is 0 Å². The number of Topliss-reactive ketones (excluding diaryl/α,β-unsaturated/α-hetero) is 1. The van der Waals surface area contributed by atoms with Gasteiger partial charge in [-0.15, -0.1) is 0 Å². The predicted molar refractivity (Wildman–Crippen MR) is 311 cm³/mol. The maximum atomic E-state index is 14.0. The fraction of sp³-hybridized carbons (Fsp3) is 0.770. The summed E-state index contributed by atoms with van der Waals surface area (Å²) in [5.74, 6) is -3.11. The first kappa shape index (κ1) is 70.8. The summed E-state index contributed by atoms with van der Waals surface area (Å²) >= 11 is 0. The molecular formula is C61H107N7O10. The van der Waals surface area contributed by atoms with Crippen LogP contribution in [0.1, 0.15) is 231 Å². The summed E-state index contributed by atoms with van der Waals surface area (Å²) in [5.41, 5.74) is 0.515. The highest BCUT2D eigenvalue weighted by Crippen LogP contribution is 2.29. The zero-order valence-electron chi connectivity index (χ0n) is 51.3. The van der Waals surface area contributed by atoms with E-state index in [0.717, 1.165) is 44.9 Å². The molecule has 7 N–H and O–H groups in total. The summed E-state index contributed by atoms with van der Waals surface area (Å²) < 4.78 is 10.7. The molecule has 0 aliphatic rings. The Morgan fingerprint density at radius 1 is 0.462 bits per heavy atom. The van der Waals surface area contributed by atoms with Crippen LogP contribution in [-0.4, -0.2) is 103 Å². The molecule has 0 aliphatic heterocycles. The third-order valence-corrected chi connectivity index (χ3v) is 13.2. The molecule has 7 amide bonds. The lowest BCUT2D eigenvalue weighted by atomic mass is 9.79. The lowest BCUT2D eigenvalue weighted by molar-refractivity contribution is -0.163. The van der Waals surface area contributed by atoms with Crippen LogP contribution >= 0.6 is 0 Å². The SMILES string of the molecule is Cc1ccc(CCCC(=O)NCCCC[C@H](NC(=O)C(CCCCNC(=O)OC(C)(C)C)NC(=O)CCCCCCCNC(=O)CCC(NC(=O)NC(CCC(C)(C)C)C(C)(C)C)C(C)(C)C)C(=O)C(=O)OC(C)(C)C)cc1. The van der Waals surface area contributed by atoms with Gasteiger partial charge in [0.25, 0.3) is 5.78 Å². The molecule has 0 spiro atoms. The topological polar surface area (TPSA) is 239 Å². The summed E-state index contributed by atoms with van der Waals surface area (Å²) in [5, 5.41) is 20.6. The summed E-state index contributed by atoms with van der Waals surface area (Å²) in [6, 6.07) is 5.53. The van der Waals surface area contributed by atoms with E-state index in [-0.39, 0.29) is 84.3 Å². The number of amides is 7. The number of ether oxygens (including phenoxy) is 2. The van der Waals surface area contributed by atoms with Gasteiger partial charge in [-0.2, -0.15) is 0 Å². The van der Waals surface area contributed by atoms with Gasteiger partial charge in [0.05, 0.1) is 6.04 Å². The van der Waals surface area contributed by atoms with Crippen molar-refractivity contribution in [3.8, 4) is 0 Å². The van der Waals surface area contributed by atoms with Crippen molar-refractivity contribution < 1.29 is 47.8 Å². The average molecular weight is 1100 g/mol. The highest BCUT2D eigenvalue weighted by Gasteiger charge is 2.34. The number of benzene rings is 1. The first-order valence-corrected chi connectivity index (χ1v) is 29.0. The molecular weight excluding hydrogens is 991 g/mol. The highest BCUT2D eigenvalue weighted by atomic mass is 16.6. The van der Waals surface area contributed by atoms with Gasteiger partial charge in [-0.3, -0.25) is 24.0 Å². The fourth-order valence-electron chi connectivity index (χ4n) is 8.43. The van der Waals surface area contributed by atoms with Crippen LogP contribution in [0.5, 0.6) is 0 Å². The Hall–Kier alpha value is -5.22. The fourth-order valence-corrected chi connectivity index (χ4v) is 8.43. The molecule has 17 heteroatoms. The number of carbonyl (C=O) groups excluding carboxylic acids is 8. The van der Waals surface area contributed by atoms with Crippen molar-refractivity contribution in [3.63, 3.8) is 0 Å². The molecule has 1 rings (SSSR count). The van der Waals surface area contributed by atoms with Crippen molar-refractivity contribution in [1.29, 1.82) is 0 Å². The number of hydrogen-bond donors (Lipinski definition) is 7. The number of nitrogens with one attached hydrogen (secondary N) is 7. The lowest BCUT2D eigenvalue weighted by Gasteiger charge is -2.36. The number of hydrogen-bond acceptors (Lipinski definition) is 10. The zero-order valence-corrected chi connectivity index (χ0v) is 51.3. The van der Waals surface area contributed by atoms with Crippen LogP contribution in [0.25, 0.3) is 0 Å². The normalized spacial score (nSPS) is 13.7. The molecule has 0 radical (unpaired) electrons. The standard InChI is InChI=1S/C61H107N7O10/c1-43-32-34-44(35-33-43)27-26-31-49(69)62-41-24-21-28-45(52(72)54(74)77-60(11,12)13)66-53(73)46(29-22-25-42-64-56(76)78-61(14,15)16)65-51(71)30-20-18-17-19-23-40-63-50(70)37-36-47(58(5,6)7)67-55(75)68-48(59(8,9)10)38-39-57(2,3)4/h32-35,45-48H,17-31,36-42H2,1-16H3,(H,62,69)(H,63,70)(H,64,76)(H,65,71)(H,66,73)(H2,67,68,75)/t45-,46?,47?,48?/m0/s1. The Labute approximate surface area is 470 Å². The summed E-state index contributed by atoms with van der Waals surface area (Å²) in [6.45, 7) is 32.6. The Morgan fingerprint density at radius 3 is 1.47 bits per heavy atom. The van der Waals surface area contributed by atoms with Crippen molar-refractivity contribution in [2.75, 3.05) is 19.6 Å². The average Bonchev–Trinajstić information content (AvgIpc) is 3.29. The molecule has 0 saturated carbocycles. The minimum Gasteiger partial charge on any atom is -0.454 e. The van der Waals surface area contributed by atoms with E-state index in [9.17, 15) is 38.4 Å². The van der Waals surface area contributed by atoms with Crippen molar-refractivity contribution in [1.82, 2.24) is 37.2 Å². The van der Waals surface area contributed by atoms with Crippen LogP contribution in [0.3, 0.4) is 0 Å². The molecule has 0 fully saturated rings. The highest BCUT2D eigenvalue weighted by molar-refractivity contribution is 6.36. The first-order valence-electron chi connectivity index (χ1n) is 29.0. The second-order valence-electron chi connectivity index (χ2n) is 26.6. The zero-order chi connectivity index (χ0) is 59.3. The van der Waals surface area contributed by atoms with E-state index >= 15 is 0 Å². The molecule has 0 bridgehead atoms. The van der Waals surface area contributed by atoms with Crippen LogP contribution in [-0.2, 0) is 44.7 Å². The Balaban J connectivity index is 2.81. The van der Waals surface area contributed by atoms with Crippen LogP contribution in [0, 0.1) is 23.2 Å². The van der Waals surface area contributed by atoms with Crippen molar-refractivity contribution >= 4 is 47.5 Å². The molecule has 3 unspecified atom stereocenters. The molecule has 0 aromatic heterocycles. The number of ketones is 1. The number of aryl methyl sites for hydroxylation is 2. The van der Waals surface area contributed by atoms with Gasteiger partial charge in [0, 0.05) is 51.0 Å². The monoisotopic (exact) mass is 1100 g/mol. The van der Waals surface area contributed by atoms with E-state index in [1.807, 2.05) is 19.1 Å². The lowest BCUT2D eigenvalue weighted by Crippen LogP contribution is -2.53. The van der Waals surface area contributed by atoms with Crippen molar-refractivity contribution in [2.45, 2.75) is 268 Å². The molecule has 17 nitrogen and oxygen atoms in total. The van der Waals surface area contributed by atoms with Crippen LogP contribution in [0.15, 0.2) is 24.3 Å². The van der Waals surface area contributed by atoms with Gasteiger partial charge in [0.15, 0.2) is 0 Å². The second-order valence-corrected chi connectivity index (χ2v) is 26.6. The van der Waals surface area contributed by atoms with Gasteiger partial charge in [-0.25, -0.2) is 14.4 Å². The molecule has 78 heavy (non-hydrogen) atoms. The summed E-state index contributed by atoms with van der Waals surface area (Å²) in [6.07, 6.45) is 9.95. The Bertz CT molecular complexity index is 2010. The summed E-state index contributed by atoms with van der Waals surface area (Å²) in [4.78, 5) is 105. The van der Waals surface area contributed by atoms with Gasteiger partial charge >= 0.3 is 18.1 Å². The van der Waals surface area contributed by atoms with E-state index in [4.69, 9.17) is 9.47 Å². The molecule has 1 aromatic carbocycles. The number of alkyl carbamates (subject to hydrolysis) is 1. The first-order chi connectivity index (χ1) is 36.0. The van der Waals surface area contributed by atoms with E-state index in [2.05, 4.69) is 112 Å². The minimum atomic E-state index is -1.23. The van der Waals surface area contributed by atoms with Crippen molar-refractivity contribution in [3.05, 3.63) is 35.4 Å². The summed E-state index contributed by atoms with van der Waals surface area (Å²) in [7, 11) is 0. The van der Waals surface area contributed by atoms with E-state index < -0.39 is 47.0 Å². The third kappa shape index (κ3) is 35.3. The third-order valence-electron chi connectivity index (χ3n) is 13.2. The van der Waals surface area contributed by atoms with E-state index in [1.165, 1.54) is 11.1 Å². The number of carbonyl (C=O) groups is 8. The number of rotatable bonds is 34. The van der Waals surface area contributed by atoms with Gasteiger partial charge in [-0.05, 0) is 154 Å². The predicted octanol–water partition coefficient (Wildman–Crippen LogP) is 10.4. The minimum absolute atomic E-state index is 0.000910. The van der Waals surface area contributed by atoms with Gasteiger partial charge in [-0.1, -0.05) is 111 Å². The number of unbranched alkanes of at least 4 members (excludes halogenated alkanes) is 6. The molecule has 1 aromatic rings. The smallest absolute Gasteiger partial charge is 0.407 e. The van der Waals surface area contributed by atoms with Gasteiger partial charge in [0.1, 0.15) is 17.2 Å². The second kappa shape index (κ2) is 34.7. The maximum Gasteiger partial charge on any atom is 0.407 e. The quantitative estimate of drug-likeness (QED) is 0.0196. The van der Waals surface area contributed by atoms with Crippen molar-refractivity contribution in [2.24, 2.45) is 16.2 Å². The largest absolute Gasteiger partial charge is 0.454 e. The molecule has 0 heterocycles. The van der Waals surface area contributed by atoms with Crippen LogP contribution in [0.4, 0.5) is 9.59 Å². The maximum absolute atomic E-state index is 14.0. The van der Waals surface area contributed by atoms with E-state index in [0.29, 0.717) is 64.5 Å². The van der Waals surface area contributed by atoms with Crippen LogP contribution < -0.4 is 37.2 Å². The molecule has 446 valence electrons. The van der Waals surface area contributed by atoms with Gasteiger partial charge in [0.2, 0.25) is 23.6 Å². The Morgan fingerprint density at radius 2 is 0.936 bits per heavy atom. The molecule has 4 atom stereocenters. The molecule has 0 aliphatic carbocycles. The number of urea groups is 1. The van der Waals surface area contributed by atoms with E-state index in [1.54, 1.807) is 41.5 Å².